The van der Waals surface area contributed by atoms with Gasteiger partial charge in [0.15, 0.2) is 0 Å². The fourth-order valence-corrected chi connectivity index (χ4v) is 1.07. The van der Waals surface area contributed by atoms with Crippen LogP contribution < -0.4 is 5.32 Å². The van der Waals surface area contributed by atoms with E-state index in [0.29, 0.717) is 13.2 Å². The van der Waals surface area contributed by atoms with Gasteiger partial charge in [-0.15, -0.1) is 0 Å². The van der Waals surface area contributed by atoms with Gasteiger partial charge in [0.25, 0.3) is 0 Å². The Kier molecular flexibility index (Phi) is 8.82. The summed E-state index contributed by atoms with van der Waals surface area (Å²) in [5.74, 6) is -1.40. The predicted octanol–water partition coefficient (Wildman–Crippen LogP) is 1.64. The number of carbonyl (C=O) groups excluding carboxylic acids is 2. The molecule has 15 heavy (non-hydrogen) atoms. The van der Waals surface area contributed by atoms with Crippen LogP contribution in [0.5, 0.6) is 0 Å². The first-order valence-electron chi connectivity index (χ1n) is 5.67. The summed E-state index contributed by atoms with van der Waals surface area (Å²) in [7, 11) is 0. The SMILES string of the molecule is CCCCCCOC(=O)C(=O)NCCC. The summed E-state index contributed by atoms with van der Waals surface area (Å²) < 4.78 is 4.80. The van der Waals surface area contributed by atoms with Crippen molar-refractivity contribution in [2.24, 2.45) is 0 Å². The standard InChI is InChI=1S/C11H21NO3/c1-3-5-6-7-9-15-11(14)10(13)12-8-4-2/h3-9H2,1-2H3,(H,12,13). The summed E-state index contributed by atoms with van der Waals surface area (Å²) in [6, 6.07) is 0. The third-order valence-electron chi connectivity index (χ3n) is 1.95. The van der Waals surface area contributed by atoms with Crippen molar-refractivity contribution in [1.82, 2.24) is 5.32 Å². The molecule has 0 aliphatic heterocycles. The Morgan fingerprint density at radius 3 is 2.40 bits per heavy atom. The molecule has 88 valence electrons. The molecule has 0 unspecified atom stereocenters. The second-order valence-corrected chi connectivity index (χ2v) is 3.45. The Morgan fingerprint density at radius 2 is 1.80 bits per heavy atom. The monoisotopic (exact) mass is 215 g/mol. The van der Waals surface area contributed by atoms with Crippen molar-refractivity contribution in [2.75, 3.05) is 13.2 Å². The van der Waals surface area contributed by atoms with Crippen molar-refractivity contribution in [1.29, 1.82) is 0 Å². The van der Waals surface area contributed by atoms with Crippen LogP contribution in [-0.2, 0) is 14.3 Å². The summed E-state index contributed by atoms with van der Waals surface area (Å²) in [5.41, 5.74) is 0. The van der Waals surface area contributed by atoms with E-state index in [4.69, 9.17) is 4.74 Å². The lowest BCUT2D eigenvalue weighted by Crippen LogP contribution is -2.33. The molecule has 0 aliphatic carbocycles. The Bertz CT molecular complexity index is 192. The molecule has 1 N–H and O–H groups in total. The minimum absolute atomic E-state index is 0.346. The zero-order chi connectivity index (χ0) is 11.5. The molecule has 4 nitrogen and oxygen atoms in total. The molecular formula is C11H21NO3. The minimum atomic E-state index is -0.764. The highest BCUT2D eigenvalue weighted by Crippen LogP contribution is 1.98. The molecule has 0 fully saturated rings. The maximum absolute atomic E-state index is 11.0. The average Bonchev–Trinajstić information content (AvgIpc) is 2.25. The molecular weight excluding hydrogens is 194 g/mol. The first kappa shape index (κ1) is 13.9. The van der Waals surface area contributed by atoms with Gasteiger partial charge in [0.05, 0.1) is 6.61 Å². The lowest BCUT2D eigenvalue weighted by Gasteiger charge is -2.04. The minimum Gasteiger partial charge on any atom is -0.459 e. The van der Waals surface area contributed by atoms with Crippen LogP contribution in [0.3, 0.4) is 0 Å². The zero-order valence-corrected chi connectivity index (χ0v) is 9.67. The highest BCUT2D eigenvalue weighted by atomic mass is 16.5. The van der Waals surface area contributed by atoms with Gasteiger partial charge >= 0.3 is 11.9 Å². The van der Waals surface area contributed by atoms with Crippen LogP contribution >= 0.6 is 0 Å². The van der Waals surface area contributed by atoms with Gasteiger partial charge in [-0.05, 0) is 12.8 Å². The number of hydrogen-bond acceptors (Lipinski definition) is 3. The van der Waals surface area contributed by atoms with E-state index in [2.05, 4.69) is 12.2 Å². The highest BCUT2D eigenvalue weighted by molar-refractivity contribution is 6.32. The van der Waals surface area contributed by atoms with Crippen molar-refractivity contribution in [3.05, 3.63) is 0 Å². The molecule has 0 aromatic rings. The number of hydrogen-bond donors (Lipinski definition) is 1. The van der Waals surface area contributed by atoms with Gasteiger partial charge in [-0.2, -0.15) is 0 Å². The summed E-state index contributed by atoms with van der Waals surface area (Å²) in [6.45, 7) is 4.91. The van der Waals surface area contributed by atoms with Gasteiger partial charge in [0.1, 0.15) is 0 Å². The Labute approximate surface area is 91.4 Å². The van der Waals surface area contributed by atoms with Crippen LogP contribution in [0.15, 0.2) is 0 Å². The van der Waals surface area contributed by atoms with Crippen LogP contribution in [-0.4, -0.2) is 25.0 Å². The number of esters is 1. The summed E-state index contributed by atoms with van der Waals surface area (Å²) in [6.07, 6.45) is 4.97. The molecule has 1 amide bonds. The highest BCUT2D eigenvalue weighted by Gasteiger charge is 2.13. The Morgan fingerprint density at radius 1 is 1.07 bits per heavy atom. The molecule has 0 bridgehead atoms. The van der Waals surface area contributed by atoms with Gasteiger partial charge in [-0.25, -0.2) is 4.79 Å². The van der Waals surface area contributed by atoms with E-state index in [1.165, 1.54) is 0 Å². The number of rotatable bonds is 7. The Hall–Kier alpha value is -1.06. The molecule has 0 aromatic carbocycles. The van der Waals surface area contributed by atoms with Gasteiger partial charge in [0.2, 0.25) is 0 Å². The topological polar surface area (TPSA) is 55.4 Å². The summed E-state index contributed by atoms with van der Waals surface area (Å²) in [4.78, 5) is 22.1. The van der Waals surface area contributed by atoms with Gasteiger partial charge in [-0.1, -0.05) is 33.1 Å². The fourth-order valence-electron chi connectivity index (χ4n) is 1.07. The van der Waals surface area contributed by atoms with Gasteiger partial charge in [0, 0.05) is 6.54 Å². The average molecular weight is 215 g/mol. The third-order valence-corrected chi connectivity index (χ3v) is 1.95. The van der Waals surface area contributed by atoms with E-state index in [9.17, 15) is 9.59 Å². The Balaban J connectivity index is 3.43. The van der Waals surface area contributed by atoms with Crippen molar-refractivity contribution in [2.45, 2.75) is 46.0 Å². The number of amides is 1. The number of nitrogens with one attached hydrogen (secondary N) is 1. The molecule has 0 saturated heterocycles. The van der Waals surface area contributed by atoms with Crippen molar-refractivity contribution in [3.63, 3.8) is 0 Å². The van der Waals surface area contributed by atoms with Crippen molar-refractivity contribution < 1.29 is 14.3 Å². The molecule has 0 atom stereocenters. The van der Waals surface area contributed by atoms with E-state index in [-0.39, 0.29) is 0 Å². The molecule has 0 rings (SSSR count). The molecule has 4 heteroatoms. The first-order valence-corrected chi connectivity index (χ1v) is 5.67. The van der Waals surface area contributed by atoms with Crippen molar-refractivity contribution in [3.8, 4) is 0 Å². The smallest absolute Gasteiger partial charge is 0.396 e. The first-order chi connectivity index (χ1) is 7.22. The maximum atomic E-state index is 11.0. The van der Waals surface area contributed by atoms with Crippen LogP contribution in [0.4, 0.5) is 0 Å². The number of carbonyl (C=O) groups is 2. The molecule has 0 aliphatic rings. The largest absolute Gasteiger partial charge is 0.459 e. The molecule has 0 radical (unpaired) electrons. The quantitative estimate of drug-likeness (QED) is 0.399. The van der Waals surface area contributed by atoms with Crippen LogP contribution in [0.25, 0.3) is 0 Å². The lowest BCUT2D eigenvalue weighted by atomic mass is 10.2. The van der Waals surface area contributed by atoms with Gasteiger partial charge < -0.3 is 10.1 Å². The second-order valence-electron chi connectivity index (χ2n) is 3.45. The maximum Gasteiger partial charge on any atom is 0.396 e. The lowest BCUT2D eigenvalue weighted by molar-refractivity contribution is -0.155. The van der Waals surface area contributed by atoms with Crippen LogP contribution in [0.2, 0.25) is 0 Å². The van der Waals surface area contributed by atoms with E-state index in [1.807, 2.05) is 6.92 Å². The van der Waals surface area contributed by atoms with E-state index in [1.54, 1.807) is 0 Å². The zero-order valence-electron chi connectivity index (χ0n) is 9.67. The van der Waals surface area contributed by atoms with Crippen LogP contribution in [0, 0.1) is 0 Å². The van der Waals surface area contributed by atoms with E-state index >= 15 is 0 Å². The number of unbranched alkanes of at least 4 members (excludes halogenated alkanes) is 3. The second kappa shape index (κ2) is 9.49. The van der Waals surface area contributed by atoms with Crippen LogP contribution in [0.1, 0.15) is 46.0 Å². The third kappa shape index (κ3) is 7.97. The normalized spacial score (nSPS) is 9.73. The van der Waals surface area contributed by atoms with Gasteiger partial charge in [-0.3, -0.25) is 4.79 Å². The summed E-state index contributed by atoms with van der Waals surface area (Å²) in [5, 5.41) is 2.47. The number of ether oxygens (including phenoxy) is 1. The van der Waals surface area contributed by atoms with Crippen molar-refractivity contribution >= 4 is 11.9 Å². The molecule has 0 saturated carbocycles. The fraction of sp³-hybridized carbons (Fsp3) is 0.818. The van der Waals surface area contributed by atoms with E-state index in [0.717, 1.165) is 32.1 Å². The molecule has 0 aromatic heterocycles. The molecule has 0 heterocycles. The predicted molar refractivity (Wildman–Crippen MR) is 58.4 cm³/mol. The van der Waals surface area contributed by atoms with E-state index < -0.39 is 11.9 Å². The molecule has 0 spiro atoms. The summed E-state index contributed by atoms with van der Waals surface area (Å²) >= 11 is 0.